The molecule has 4 aromatic rings. The van der Waals surface area contributed by atoms with E-state index in [0.717, 1.165) is 50.8 Å². The van der Waals surface area contributed by atoms with Gasteiger partial charge in [-0.05, 0) is 59.7 Å². The molecule has 5 rings (SSSR count). The summed E-state index contributed by atoms with van der Waals surface area (Å²) in [6, 6.07) is 27.3. The lowest BCUT2D eigenvalue weighted by molar-refractivity contribution is 0.132. The Morgan fingerprint density at radius 3 is 1.50 bits per heavy atom. The molecule has 0 N–H and O–H groups in total. The van der Waals surface area contributed by atoms with Crippen LogP contribution in [0.5, 0.6) is 11.5 Å². The third-order valence-corrected chi connectivity index (χ3v) is 5.32. The molecule has 0 bridgehead atoms. The highest BCUT2D eigenvalue weighted by molar-refractivity contribution is 5.90. The van der Waals surface area contributed by atoms with Crippen LogP contribution in [0.4, 0.5) is 11.4 Å². The molecule has 4 heteroatoms. The molecule has 0 saturated carbocycles. The molecule has 148 valence electrons. The van der Waals surface area contributed by atoms with Crippen molar-refractivity contribution in [1.82, 2.24) is 0 Å². The first-order valence-electron chi connectivity index (χ1n) is 10.2. The molecule has 4 aromatic carbocycles. The van der Waals surface area contributed by atoms with Gasteiger partial charge in [0.1, 0.15) is 28.9 Å². The third kappa shape index (κ3) is 3.66. The van der Waals surface area contributed by atoms with Crippen LogP contribution in [0, 0.1) is 0 Å². The summed E-state index contributed by atoms with van der Waals surface area (Å²) >= 11 is 0. The Kier molecular flexibility index (Phi) is 4.70. The molecule has 0 aliphatic carbocycles. The summed E-state index contributed by atoms with van der Waals surface area (Å²) in [5.41, 5.74) is 1.45. The summed E-state index contributed by atoms with van der Waals surface area (Å²) in [4.78, 5) is 9.01. The van der Waals surface area contributed by atoms with Crippen molar-refractivity contribution in [2.75, 3.05) is 0 Å². The van der Waals surface area contributed by atoms with Crippen molar-refractivity contribution in [2.24, 2.45) is 9.98 Å². The molecule has 1 heterocycles. The van der Waals surface area contributed by atoms with Crippen molar-refractivity contribution >= 4 is 38.9 Å². The largest absolute Gasteiger partial charge is 0.488 e. The average Bonchev–Trinajstić information content (AvgIpc) is 2.73. The van der Waals surface area contributed by atoms with Crippen molar-refractivity contribution in [1.29, 1.82) is 0 Å². The summed E-state index contributed by atoms with van der Waals surface area (Å²) in [5, 5.41) is 4.44. The molecule has 0 fully saturated rings. The zero-order valence-electron chi connectivity index (χ0n) is 17.0. The summed E-state index contributed by atoms with van der Waals surface area (Å²) in [6.07, 6.45) is 0.678. The number of aliphatic imine (C=N–C) groups is 2. The molecule has 1 aliphatic rings. The highest BCUT2D eigenvalue weighted by Gasteiger charge is 2.17. The minimum Gasteiger partial charge on any atom is -0.488 e. The minimum absolute atomic E-state index is 0.0321. The molecule has 4 nitrogen and oxygen atoms in total. The fourth-order valence-electron chi connectivity index (χ4n) is 3.91. The summed E-state index contributed by atoms with van der Waals surface area (Å²) in [5.74, 6) is 1.46. The van der Waals surface area contributed by atoms with E-state index in [2.05, 4.69) is 54.1 Å². The summed E-state index contributed by atoms with van der Waals surface area (Å²) in [6.45, 7) is 4.12. The van der Waals surface area contributed by atoms with Crippen LogP contribution in [0.25, 0.3) is 21.5 Å². The fraction of sp³-hybridized carbons (Fsp3) is 0.192. The normalized spacial score (nSPS) is 18.6. The Morgan fingerprint density at radius 2 is 1.07 bits per heavy atom. The van der Waals surface area contributed by atoms with Crippen LogP contribution in [0.3, 0.4) is 0 Å². The lowest BCUT2D eigenvalue weighted by Gasteiger charge is -2.22. The van der Waals surface area contributed by atoms with Crippen molar-refractivity contribution in [3.8, 4) is 11.5 Å². The highest BCUT2D eigenvalue weighted by atomic mass is 16.5. The lowest BCUT2D eigenvalue weighted by atomic mass is 10.1. The molecule has 2 atom stereocenters. The molecular formula is C26H22N2O2. The van der Waals surface area contributed by atoms with Gasteiger partial charge in [0.25, 0.3) is 0 Å². The van der Waals surface area contributed by atoms with Crippen molar-refractivity contribution in [3.05, 3.63) is 72.8 Å². The first-order valence-corrected chi connectivity index (χ1v) is 10.2. The van der Waals surface area contributed by atoms with Gasteiger partial charge in [-0.15, -0.1) is 0 Å². The van der Waals surface area contributed by atoms with Crippen LogP contribution in [0.2, 0.25) is 0 Å². The number of rotatable bonds is 0. The van der Waals surface area contributed by atoms with Crippen LogP contribution in [-0.4, -0.2) is 18.2 Å². The number of nitrogens with zero attached hydrogens (tertiary/aromatic N) is 2. The topological polar surface area (TPSA) is 43.2 Å². The van der Waals surface area contributed by atoms with Gasteiger partial charge in [-0.1, -0.05) is 48.5 Å². The number of hydrogen-bond acceptors (Lipinski definition) is 4. The van der Waals surface area contributed by atoms with E-state index in [1.807, 2.05) is 48.5 Å². The average molecular weight is 394 g/mol. The first kappa shape index (κ1) is 18.4. The zero-order valence-corrected chi connectivity index (χ0v) is 17.0. The van der Waals surface area contributed by atoms with Gasteiger partial charge in [0.05, 0.1) is 12.2 Å². The second-order valence-corrected chi connectivity index (χ2v) is 7.75. The van der Waals surface area contributed by atoms with Crippen LogP contribution in [0.1, 0.15) is 20.3 Å². The van der Waals surface area contributed by atoms with Gasteiger partial charge >= 0.3 is 0 Å². The van der Waals surface area contributed by atoms with Crippen LogP contribution < -0.4 is 9.47 Å². The second-order valence-electron chi connectivity index (χ2n) is 7.75. The van der Waals surface area contributed by atoms with Gasteiger partial charge in [0.15, 0.2) is 0 Å². The van der Waals surface area contributed by atoms with Gasteiger partial charge < -0.3 is 9.47 Å². The number of benzene rings is 4. The van der Waals surface area contributed by atoms with Gasteiger partial charge in [0.2, 0.25) is 0 Å². The molecule has 0 spiro atoms. The maximum absolute atomic E-state index is 6.25. The Morgan fingerprint density at radius 1 is 0.667 bits per heavy atom. The Bertz CT molecular complexity index is 1210. The predicted octanol–water partition coefficient (Wildman–Crippen LogP) is 7.07. The molecule has 0 saturated heterocycles. The maximum Gasteiger partial charge on any atom is 0.146 e. The summed E-state index contributed by atoms with van der Waals surface area (Å²) < 4.78 is 12.5. The van der Waals surface area contributed by atoms with E-state index in [1.165, 1.54) is 0 Å². The first-order chi connectivity index (χ1) is 14.7. The van der Waals surface area contributed by atoms with Gasteiger partial charge in [0, 0.05) is 6.42 Å². The Labute approximate surface area is 175 Å². The highest BCUT2D eigenvalue weighted by Crippen LogP contribution is 2.36. The van der Waals surface area contributed by atoms with Gasteiger partial charge in [-0.25, -0.2) is 0 Å². The van der Waals surface area contributed by atoms with E-state index in [4.69, 9.17) is 9.47 Å². The molecule has 0 radical (unpaired) electrons. The van der Waals surface area contributed by atoms with E-state index >= 15 is 0 Å². The van der Waals surface area contributed by atoms with E-state index in [0.29, 0.717) is 0 Å². The van der Waals surface area contributed by atoms with E-state index in [-0.39, 0.29) is 12.2 Å². The standard InChI is InChI=1S/C26H22N2O2/c1-17-11-18(2)30-26-15-22-10-6-4-8-20(22)13-24(26)28-16-27-23-12-19-7-3-5-9-21(19)14-25(23)29-17/h3-10,12-15,17-18H,11H2,1-2H3. The molecule has 0 amide bonds. The lowest BCUT2D eigenvalue weighted by Crippen LogP contribution is -2.23. The quantitative estimate of drug-likeness (QED) is 0.320. The summed E-state index contributed by atoms with van der Waals surface area (Å²) in [7, 11) is 0. The third-order valence-electron chi connectivity index (χ3n) is 5.32. The van der Waals surface area contributed by atoms with Crippen molar-refractivity contribution < 1.29 is 9.47 Å². The van der Waals surface area contributed by atoms with Crippen molar-refractivity contribution in [2.45, 2.75) is 32.5 Å². The molecule has 0 aromatic heterocycles. The zero-order chi connectivity index (χ0) is 20.5. The van der Waals surface area contributed by atoms with Gasteiger partial charge in [-0.2, -0.15) is 9.98 Å². The van der Waals surface area contributed by atoms with E-state index < -0.39 is 0 Å². The molecule has 2 unspecified atom stereocenters. The van der Waals surface area contributed by atoms with Crippen molar-refractivity contribution in [3.63, 3.8) is 0 Å². The minimum atomic E-state index is -0.0321. The Balaban J connectivity index is 1.68. The van der Waals surface area contributed by atoms with Gasteiger partial charge in [-0.3, -0.25) is 0 Å². The van der Waals surface area contributed by atoms with E-state index in [9.17, 15) is 0 Å². The monoisotopic (exact) mass is 394 g/mol. The second kappa shape index (κ2) is 7.66. The Hall–Kier alpha value is -3.62. The molecule has 1 aliphatic heterocycles. The molecular weight excluding hydrogens is 372 g/mol. The van der Waals surface area contributed by atoms with Crippen LogP contribution >= 0.6 is 0 Å². The number of fused-ring (bicyclic) bond motifs is 4. The maximum atomic E-state index is 6.25. The van der Waals surface area contributed by atoms with E-state index in [1.54, 1.807) is 0 Å². The number of hydrogen-bond donors (Lipinski definition) is 0. The van der Waals surface area contributed by atoms with Crippen LogP contribution in [0.15, 0.2) is 82.8 Å². The molecule has 30 heavy (non-hydrogen) atoms. The SMILES string of the molecule is CC1CC(C)Oc2cc3ccccc3cc2N=C=Nc2cc3ccccc3cc2O1. The number of ether oxygens (including phenoxy) is 2. The predicted molar refractivity (Wildman–Crippen MR) is 122 cm³/mol. The smallest absolute Gasteiger partial charge is 0.146 e. The van der Waals surface area contributed by atoms with Crippen LogP contribution in [-0.2, 0) is 0 Å². The fourth-order valence-corrected chi connectivity index (χ4v) is 3.91.